The molecule has 0 aliphatic heterocycles. The number of carbonyl (C=O) groups is 2. The van der Waals surface area contributed by atoms with Crippen LogP contribution in [-0.4, -0.2) is 33.1 Å². The van der Waals surface area contributed by atoms with Gasteiger partial charge in [0.05, 0.1) is 17.7 Å². The monoisotopic (exact) mass is 392 g/mol. The molecule has 0 spiro atoms. The topological polar surface area (TPSA) is 127 Å². The Bertz CT molecular complexity index is 888. The number of fused-ring (bicyclic) bond motifs is 1. The van der Waals surface area contributed by atoms with Gasteiger partial charge < -0.3 is 20.2 Å². The Hall–Kier alpha value is -2.75. The standard InChI is InChI=1S/C17H20N4O5S/c1-3-9(2)26-17(23)14-10-6-4-5-7-12(10)27-16(14)18-15(22)11-8-13(20-19-11)21(24)25/h8-9H,3-7H2,1-2H3,(H,18,22)(H,19,20). The number of carbonyl (C=O) groups excluding carboxylic acids is 2. The van der Waals surface area contributed by atoms with Gasteiger partial charge in [0.25, 0.3) is 5.91 Å². The Kier molecular flexibility index (Phi) is 5.54. The molecular formula is C17H20N4O5S. The third kappa shape index (κ3) is 4.00. The fourth-order valence-electron chi connectivity index (χ4n) is 2.88. The minimum atomic E-state index is -0.664. The Morgan fingerprint density at radius 1 is 1.44 bits per heavy atom. The number of thiophene rings is 1. The average Bonchev–Trinajstić information content (AvgIpc) is 3.26. The van der Waals surface area contributed by atoms with Crippen molar-refractivity contribution in [2.24, 2.45) is 0 Å². The summed E-state index contributed by atoms with van der Waals surface area (Å²) in [6.45, 7) is 3.74. The number of anilines is 1. The summed E-state index contributed by atoms with van der Waals surface area (Å²) < 4.78 is 5.48. The summed E-state index contributed by atoms with van der Waals surface area (Å²) in [5, 5.41) is 19.7. The normalized spacial score (nSPS) is 14.3. The highest BCUT2D eigenvalue weighted by molar-refractivity contribution is 7.17. The molecule has 144 valence electrons. The predicted octanol–water partition coefficient (Wildman–Crippen LogP) is 3.47. The molecular weight excluding hydrogens is 372 g/mol. The van der Waals surface area contributed by atoms with Gasteiger partial charge in [0.2, 0.25) is 0 Å². The highest BCUT2D eigenvalue weighted by Gasteiger charge is 2.29. The summed E-state index contributed by atoms with van der Waals surface area (Å²) in [7, 11) is 0. The van der Waals surface area contributed by atoms with E-state index >= 15 is 0 Å². The minimum Gasteiger partial charge on any atom is -0.459 e. The Balaban J connectivity index is 1.89. The van der Waals surface area contributed by atoms with Crippen LogP contribution in [0.4, 0.5) is 10.8 Å². The number of hydrogen-bond donors (Lipinski definition) is 2. The van der Waals surface area contributed by atoms with Crippen molar-refractivity contribution in [1.29, 1.82) is 0 Å². The van der Waals surface area contributed by atoms with Crippen LogP contribution >= 0.6 is 11.3 Å². The van der Waals surface area contributed by atoms with Gasteiger partial charge in [-0.05, 0) is 49.5 Å². The van der Waals surface area contributed by atoms with Gasteiger partial charge in [0.15, 0.2) is 5.69 Å². The number of nitrogens with one attached hydrogen (secondary N) is 2. The van der Waals surface area contributed by atoms with Crippen LogP contribution in [0.5, 0.6) is 0 Å². The second-order valence-electron chi connectivity index (χ2n) is 6.39. The van der Waals surface area contributed by atoms with Crippen molar-refractivity contribution >= 4 is 34.0 Å². The first-order chi connectivity index (χ1) is 12.9. The summed E-state index contributed by atoms with van der Waals surface area (Å²) in [6, 6.07) is 1.06. The van der Waals surface area contributed by atoms with E-state index in [-0.39, 0.29) is 17.6 Å². The van der Waals surface area contributed by atoms with Crippen LogP contribution in [0.15, 0.2) is 6.07 Å². The number of aryl methyl sites for hydroxylation is 1. The molecule has 2 aromatic heterocycles. The molecule has 2 aromatic rings. The molecule has 1 amide bonds. The quantitative estimate of drug-likeness (QED) is 0.440. The van der Waals surface area contributed by atoms with E-state index in [1.165, 1.54) is 11.3 Å². The molecule has 1 unspecified atom stereocenters. The van der Waals surface area contributed by atoms with Gasteiger partial charge in [-0.2, -0.15) is 0 Å². The lowest BCUT2D eigenvalue weighted by molar-refractivity contribution is -0.389. The summed E-state index contributed by atoms with van der Waals surface area (Å²) >= 11 is 1.36. The molecule has 0 saturated carbocycles. The van der Waals surface area contributed by atoms with E-state index in [2.05, 4.69) is 15.5 Å². The van der Waals surface area contributed by atoms with E-state index in [0.29, 0.717) is 17.0 Å². The highest BCUT2D eigenvalue weighted by Crippen LogP contribution is 2.39. The molecule has 1 atom stereocenters. The Morgan fingerprint density at radius 3 is 2.85 bits per heavy atom. The molecule has 3 rings (SSSR count). The Labute approximate surface area is 159 Å². The van der Waals surface area contributed by atoms with Crippen LogP contribution in [-0.2, 0) is 17.6 Å². The number of nitro groups is 1. The molecule has 2 heterocycles. The molecule has 0 saturated heterocycles. The van der Waals surface area contributed by atoms with Gasteiger partial charge in [-0.1, -0.05) is 12.0 Å². The molecule has 2 N–H and O–H groups in total. The number of nitrogens with zero attached hydrogens (tertiary/aromatic N) is 2. The second-order valence-corrected chi connectivity index (χ2v) is 7.49. The Morgan fingerprint density at radius 2 is 2.19 bits per heavy atom. The summed E-state index contributed by atoms with van der Waals surface area (Å²) in [4.78, 5) is 36.3. The zero-order valence-electron chi connectivity index (χ0n) is 15.0. The number of aromatic nitrogens is 2. The highest BCUT2D eigenvalue weighted by atomic mass is 32.1. The van der Waals surface area contributed by atoms with E-state index in [4.69, 9.17) is 4.74 Å². The van der Waals surface area contributed by atoms with Crippen LogP contribution in [0, 0.1) is 10.1 Å². The first-order valence-corrected chi connectivity index (χ1v) is 9.59. The van der Waals surface area contributed by atoms with Gasteiger partial charge >= 0.3 is 11.8 Å². The molecule has 9 nitrogen and oxygen atoms in total. The fraction of sp³-hybridized carbons (Fsp3) is 0.471. The molecule has 1 aliphatic rings. The first kappa shape index (κ1) is 19.0. The number of H-pyrrole nitrogens is 1. The van der Waals surface area contributed by atoms with Crippen molar-refractivity contribution in [2.45, 2.75) is 52.1 Å². The molecule has 1 aliphatic carbocycles. The van der Waals surface area contributed by atoms with E-state index in [0.717, 1.165) is 42.2 Å². The molecule has 0 aromatic carbocycles. The predicted molar refractivity (Wildman–Crippen MR) is 99.3 cm³/mol. The number of hydrogen-bond acceptors (Lipinski definition) is 7. The third-order valence-electron chi connectivity index (χ3n) is 4.48. The average molecular weight is 392 g/mol. The zero-order chi connectivity index (χ0) is 19.6. The van der Waals surface area contributed by atoms with Crippen LogP contribution in [0.3, 0.4) is 0 Å². The second kappa shape index (κ2) is 7.87. The maximum atomic E-state index is 12.7. The van der Waals surface area contributed by atoms with Crippen LogP contribution in [0.25, 0.3) is 0 Å². The smallest absolute Gasteiger partial charge is 0.343 e. The minimum absolute atomic E-state index is 0.116. The number of esters is 1. The lowest BCUT2D eigenvalue weighted by atomic mass is 9.95. The van der Waals surface area contributed by atoms with Gasteiger partial charge in [0, 0.05) is 4.88 Å². The lowest BCUT2D eigenvalue weighted by Gasteiger charge is -2.15. The SMILES string of the molecule is CCC(C)OC(=O)c1c(NC(=O)c2cc([N+](=O)[O-])[nH]n2)sc2c1CCCC2. The van der Waals surface area contributed by atoms with E-state index in [1.54, 1.807) is 0 Å². The van der Waals surface area contributed by atoms with Crippen LogP contribution in [0.1, 0.15) is 64.4 Å². The van der Waals surface area contributed by atoms with E-state index < -0.39 is 16.8 Å². The summed E-state index contributed by atoms with van der Waals surface area (Å²) in [5.74, 6) is -1.44. The number of ether oxygens (including phenoxy) is 1. The molecule has 10 heteroatoms. The van der Waals surface area contributed by atoms with Gasteiger partial charge in [-0.15, -0.1) is 16.4 Å². The van der Waals surface area contributed by atoms with Crippen molar-refractivity contribution < 1.29 is 19.2 Å². The maximum absolute atomic E-state index is 12.7. The van der Waals surface area contributed by atoms with Gasteiger partial charge in [-0.25, -0.2) is 4.79 Å². The molecule has 0 bridgehead atoms. The largest absolute Gasteiger partial charge is 0.459 e. The number of aromatic amines is 1. The van der Waals surface area contributed by atoms with Crippen molar-refractivity contribution in [3.05, 3.63) is 37.9 Å². The van der Waals surface area contributed by atoms with Crippen LogP contribution < -0.4 is 5.32 Å². The van der Waals surface area contributed by atoms with Crippen molar-refractivity contribution in [1.82, 2.24) is 10.2 Å². The van der Waals surface area contributed by atoms with E-state index in [1.807, 2.05) is 13.8 Å². The summed E-state index contributed by atoms with van der Waals surface area (Å²) in [5.41, 5.74) is 1.21. The third-order valence-corrected chi connectivity index (χ3v) is 5.69. The molecule has 27 heavy (non-hydrogen) atoms. The lowest BCUT2D eigenvalue weighted by Crippen LogP contribution is -2.19. The molecule has 0 radical (unpaired) electrons. The van der Waals surface area contributed by atoms with Crippen molar-refractivity contribution in [3.8, 4) is 0 Å². The van der Waals surface area contributed by atoms with Gasteiger partial charge in [0.1, 0.15) is 5.00 Å². The van der Waals surface area contributed by atoms with Crippen molar-refractivity contribution in [2.75, 3.05) is 5.32 Å². The van der Waals surface area contributed by atoms with E-state index in [9.17, 15) is 19.7 Å². The van der Waals surface area contributed by atoms with Crippen molar-refractivity contribution in [3.63, 3.8) is 0 Å². The number of rotatable bonds is 6. The first-order valence-electron chi connectivity index (χ1n) is 8.77. The van der Waals surface area contributed by atoms with Gasteiger partial charge in [-0.3, -0.25) is 4.79 Å². The number of amides is 1. The fourth-order valence-corrected chi connectivity index (χ4v) is 4.16. The zero-order valence-corrected chi connectivity index (χ0v) is 15.9. The molecule has 0 fully saturated rings. The maximum Gasteiger partial charge on any atom is 0.343 e. The summed E-state index contributed by atoms with van der Waals surface area (Å²) in [6.07, 6.45) is 4.09. The van der Waals surface area contributed by atoms with Crippen LogP contribution in [0.2, 0.25) is 0 Å².